The SMILES string of the molecule is Cc1ccc(S(=O)(=O)NCc2ccco2)c2cccnc12. The number of benzene rings is 1. The summed E-state index contributed by atoms with van der Waals surface area (Å²) in [6.07, 6.45) is 3.16. The van der Waals surface area contributed by atoms with E-state index in [4.69, 9.17) is 4.42 Å². The van der Waals surface area contributed by atoms with Crippen LogP contribution < -0.4 is 4.72 Å². The van der Waals surface area contributed by atoms with Gasteiger partial charge in [-0.05, 0) is 42.8 Å². The summed E-state index contributed by atoms with van der Waals surface area (Å²) in [5.41, 5.74) is 1.63. The van der Waals surface area contributed by atoms with Crippen molar-refractivity contribution in [1.29, 1.82) is 0 Å². The van der Waals surface area contributed by atoms with Gasteiger partial charge in [-0.1, -0.05) is 6.07 Å². The van der Waals surface area contributed by atoms with Gasteiger partial charge in [-0.25, -0.2) is 13.1 Å². The van der Waals surface area contributed by atoms with E-state index < -0.39 is 10.0 Å². The van der Waals surface area contributed by atoms with Crippen LogP contribution in [0.4, 0.5) is 0 Å². The van der Waals surface area contributed by atoms with Gasteiger partial charge in [0.15, 0.2) is 0 Å². The Bertz CT molecular complexity index is 871. The summed E-state index contributed by atoms with van der Waals surface area (Å²) in [7, 11) is -3.63. The van der Waals surface area contributed by atoms with E-state index in [0.717, 1.165) is 5.56 Å². The fourth-order valence-corrected chi connectivity index (χ4v) is 3.37. The number of rotatable bonds is 4. The number of hydrogen-bond donors (Lipinski definition) is 1. The number of nitrogens with one attached hydrogen (secondary N) is 1. The maximum atomic E-state index is 12.5. The molecule has 0 fully saturated rings. The van der Waals surface area contributed by atoms with Crippen LogP contribution >= 0.6 is 0 Å². The fourth-order valence-electron chi connectivity index (χ4n) is 2.18. The Morgan fingerprint density at radius 3 is 2.81 bits per heavy atom. The molecule has 0 radical (unpaired) electrons. The second-order valence-electron chi connectivity index (χ2n) is 4.68. The molecule has 21 heavy (non-hydrogen) atoms. The third-order valence-corrected chi connectivity index (χ3v) is 4.70. The quantitative estimate of drug-likeness (QED) is 0.804. The summed E-state index contributed by atoms with van der Waals surface area (Å²) >= 11 is 0. The molecule has 0 aliphatic carbocycles. The second-order valence-corrected chi connectivity index (χ2v) is 6.42. The maximum Gasteiger partial charge on any atom is 0.241 e. The molecule has 6 heteroatoms. The first kappa shape index (κ1) is 13.8. The number of fused-ring (bicyclic) bond motifs is 1. The van der Waals surface area contributed by atoms with E-state index >= 15 is 0 Å². The Labute approximate surface area is 122 Å². The molecule has 0 bridgehead atoms. The molecule has 3 rings (SSSR count). The zero-order valence-electron chi connectivity index (χ0n) is 11.4. The van der Waals surface area contributed by atoms with E-state index in [1.807, 2.05) is 6.92 Å². The third kappa shape index (κ3) is 2.68. The molecule has 1 aromatic carbocycles. The molecule has 1 N–H and O–H groups in total. The number of aryl methyl sites for hydroxylation is 1. The molecule has 108 valence electrons. The van der Waals surface area contributed by atoms with E-state index in [0.29, 0.717) is 16.7 Å². The largest absolute Gasteiger partial charge is 0.468 e. The standard InChI is InChI=1S/C15H14N2O3S/c1-11-6-7-14(13-5-2-8-16-15(11)13)21(18,19)17-10-12-4-3-9-20-12/h2-9,17H,10H2,1H3. The number of aromatic nitrogens is 1. The van der Waals surface area contributed by atoms with Crippen molar-refractivity contribution in [2.45, 2.75) is 18.4 Å². The summed E-state index contributed by atoms with van der Waals surface area (Å²) in [5, 5.41) is 0.615. The van der Waals surface area contributed by atoms with Crippen LogP contribution in [0.2, 0.25) is 0 Å². The minimum Gasteiger partial charge on any atom is -0.468 e. The van der Waals surface area contributed by atoms with Gasteiger partial charge in [0.05, 0.1) is 23.2 Å². The summed E-state index contributed by atoms with van der Waals surface area (Å²) in [6.45, 7) is 2.02. The second kappa shape index (κ2) is 5.31. The number of pyridine rings is 1. The predicted molar refractivity (Wildman–Crippen MR) is 79.2 cm³/mol. The van der Waals surface area contributed by atoms with Crippen LogP contribution in [0.25, 0.3) is 10.9 Å². The highest BCUT2D eigenvalue weighted by Gasteiger charge is 2.18. The third-order valence-electron chi connectivity index (χ3n) is 3.24. The van der Waals surface area contributed by atoms with Gasteiger partial charge >= 0.3 is 0 Å². The first-order valence-electron chi connectivity index (χ1n) is 6.44. The van der Waals surface area contributed by atoms with Gasteiger partial charge in [-0.15, -0.1) is 0 Å². The lowest BCUT2D eigenvalue weighted by Crippen LogP contribution is -2.23. The number of furan rings is 1. The monoisotopic (exact) mass is 302 g/mol. The van der Waals surface area contributed by atoms with E-state index in [1.54, 1.807) is 42.6 Å². The molecule has 2 heterocycles. The van der Waals surface area contributed by atoms with Crippen molar-refractivity contribution in [1.82, 2.24) is 9.71 Å². The van der Waals surface area contributed by atoms with Gasteiger partial charge in [0.2, 0.25) is 10.0 Å². The zero-order chi connectivity index (χ0) is 14.9. The molecule has 0 aliphatic heterocycles. The first-order chi connectivity index (χ1) is 10.1. The molecular weight excluding hydrogens is 288 g/mol. The van der Waals surface area contributed by atoms with Crippen molar-refractivity contribution in [3.63, 3.8) is 0 Å². The number of hydrogen-bond acceptors (Lipinski definition) is 4. The Kier molecular flexibility index (Phi) is 3.48. The van der Waals surface area contributed by atoms with Crippen molar-refractivity contribution < 1.29 is 12.8 Å². The van der Waals surface area contributed by atoms with Gasteiger partial charge in [-0.2, -0.15) is 0 Å². The molecule has 0 spiro atoms. The maximum absolute atomic E-state index is 12.5. The van der Waals surface area contributed by atoms with Crippen molar-refractivity contribution in [3.8, 4) is 0 Å². The van der Waals surface area contributed by atoms with Crippen molar-refractivity contribution in [2.75, 3.05) is 0 Å². The summed E-state index contributed by atoms with van der Waals surface area (Å²) in [6, 6.07) is 10.3. The van der Waals surface area contributed by atoms with Gasteiger partial charge in [-0.3, -0.25) is 4.98 Å². The molecular formula is C15H14N2O3S. The van der Waals surface area contributed by atoms with Crippen LogP contribution in [-0.4, -0.2) is 13.4 Å². The van der Waals surface area contributed by atoms with Crippen molar-refractivity contribution in [2.24, 2.45) is 0 Å². The Hall–Kier alpha value is -2.18. The molecule has 0 unspecified atom stereocenters. The van der Waals surface area contributed by atoms with E-state index in [-0.39, 0.29) is 11.4 Å². The molecule has 0 atom stereocenters. The highest BCUT2D eigenvalue weighted by Crippen LogP contribution is 2.24. The summed E-state index contributed by atoms with van der Waals surface area (Å²) in [5.74, 6) is 0.563. The Morgan fingerprint density at radius 2 is 2.05 bits per heavy atom. The van der Waals surface area contributed by atoms with Crippen molar-refractivity contribution >= 4 is 20.9 Å². The average molecular weight is 302 g/mol. The van der Waals surface area contributed by atoms with Crippen LogP contribution in [-0.2, 0) is 16.6 Å². The predicted octanol–water partition coefficient (Wildman–Crippen LogP) is 2.61. The minimum atomic E-state index is -3.63. The first-order valence-corrected chi connectivity index (χ1v) is 7.92. The van der Waals surface area contributed by atoms with Crippen LogP contribution in [0.1, 0.15) is 11.3 Å². The van der Waals surface area contributed by atoms with Crippen LogP contribution in [0.15, 0.2) is 58.2 Å². The van der Waals surface area contributed by atoms with E-state index in [2.05, 4.69) is 9.71 Å². The lowest BCUT2D eigenvalue weighted by molar-refractivity contribution is 0.499. The normalized spacial score (nSPS) is 11.9. The smallest absolute Gasteiger partial charge is 0.241 e. The highest BCUT2D eigenvalue weighted by molar-refractivity contribution is 7.89. The minimum absolute atomic E-state index is 0.116. The van der Waals surface area contributed by atoms with Gasteiger partial charge in [0.25, 0.3) is 0 Å². The number of nitrogens with zero attached hydrogens (tertiary/aromatic N) is 1. The molecule has 3 aromatic rings. The average Bonchev–Trinajstić information content (AvgIpc) is 2.99. The molecule has 0 saturated heterocycles. The number of sulfonamides is 1. The van der Waals surface area contributed by atoms with E-state index in [9.17, 15) is 8.42 Å². The van der Waals surface area contributed by atoms with Gasteiger partial charge < -0.3 is 4.42 Å². The van der Waals surface area contributed by atoms with Crippen LogP contribution in [0.5, 0.6) is 0 Å². The molecule has 2 aromatic heterocycles. The summed E-state index contributed by atoms with van der Waals surface area (Å²) in [4.78, 5) is 4.48. The Balaban J connectivity index is 2.01. The Morgan fingerprint density at radius 1 is 1.19 bits per heavy atom. The fraction of sp³-hybridized carbons (Fsp3) is 0.133. The van der Waals surface area contributed by atoms with Crippen LogP contribution in [0.3, 0.4) is 0 Å². The lowest BCUT2D eigenvalue weighted by Gasteiger charge is -2.09. The highest BCUT2D eigenvalue weighted by atomic mass is 32.2. The molecule has 0 aliphatic rings. The van der Waals surface area contributed by atoms with Gasteiger partial charge in [0, 0.05) is 11.6 Å². The molecule has 0 amide bonds. The topological polar surface area (TPSA) is 72.2 Å². The van der Waals surface area contributed by atoms with Crippen molar-refractivity contribution in [3.05, 3.63) is 60.2 Å². The molecule has 5 nitrogen and oxygen atoms in total. The van der Waals surface area contributed by atoms with E-state index in [1.165, 1.54) is 6.26 Å². The van der Waals surface area contributed by atoms with Crippen LogP contribution in [0, 0.1) is 6.92 Å². The zero-order valence-corrected chi connectivity index (χ0v) is 12.2. The lowest BCUT2D eigenvalue weighted by atomic mass is 10.1. The van der Waals surface area contributed by atoms with Gasteiger partial charge in [0.1, 0.15) is 5.76 Å². The molecule has 0 saturated carbocycles. The summed E-state index contributed by atoms with van der Waals surface area (Å²) < 4.78 is 32.6.